The summed E-state index contributed by atoms with van der Waals surface area (Å²) in [7, 11) is 3.49. The van der Waals surface area contributed by atoms with Gasteiger partial charge < -0.3 is 14.5 Å². The summed E-state index contributed by atoms with van der Waals surface area (Å²) in [5.41, 5.74) is 1.68. The van der Waals surface area contributed by atoms with Gasteiger partial charge in [-0.2, -0.15) is 0 Å². The zero-order valence-electron chi connectivity index (χ0n) is 13.8. The Balaban J connectivity index is 1.85. The molecule has 1 aliphatic heterocycles. The summed E-state index contributed by atoms with van der Waals surface area (Å²) in [5.74, 6) is 0.658. The number of pyridine rings is 1. The van der Waals surface area contributed by atoms with E-state index in [-0.39, 0.29) is 12.0 Å². The molecule has 0 spiro atoms. The molecule has 1 fully saturated rings. The average molecular weight is 346 g/mol. The number of carbonyl (C=O) groups excluding carboxylic acids is 1. The third kappa shape index (κ3) is 3.52. The van der Waals surface area contributed by atoms with E-state index in [2.05, 4.69) is 9.88 Å². The molecule has 1 amide bonds. The maximum Gasteiger partial charge on any atom is 0.257 e. The van der Waals surface area contributed by atoms with Gasteiger partial charge in [0.2, 0.25) is 0 Å². The van der Waals surface area contributed by atoms with E-state index >= 15 is 0 Å². The van der Waals surface area contributed by atoms with Gasteiger partial charge in [0.15, 0.2) is 0 Å². The van der Waals surface area contributed by atoms with Crippen LogP contribution in [-0.2, 0) is 4.74 Å². The summed E-state index contributed by atoms with van der Waals surface area (Å²) in [6.45, 7) is 1.93. The summed E-state index contributed by atoms with van der Waals surface area (Å²) in [4.78, 5) is 20.5. The Kier molecular flexibility index (Phi) is 5.02. The normalized spacial score (nSPS) is 17.6. The Morgan fingerprint density at radius 2 is 2.04 bits per heavy atom. The van der Waals surface area contributed by atoms with Crippen LogP contribution >= 0.6 is 11.6 Å². The van der Waals surface area contributed by atoms with Gasteiger partial charge in [0.1, 0.15) is 11.9 Å². The molecule has 5 nitrogen and oxygen atoms in total. The third-order valence-electron chi connectivity index (χ3n) is 4.03. The first kappa shape index (κ1) is 16.7. The van der Waals surface area contributed by atoms with Crippen molar-refractivity contribution in [2.24, 2.45) is 0 Å². The SMILES string of the molecule is CN(C)C(=O)c1cccnc1N1CCO[C@@H](c2ccc(Cl)cc2)C1. The van der Waals surface area contributed by atoms with E-state index in [1.807, 2.05) is 30.3 Å². The van der Waals surface area contributed by atoms with Gasteiger partial charge in [0, 0.05) is 38.4 Å². The van der Waals surface area contributed by atoms with Gasteiger partial charge in [0.25, 0.3) is 5.91 Å². The first-order chi connectivity index (χ1) is 11.6. The van der Waals surface area contributed by atoms with Crippen LogP contribution in [0.1, 0.15) is 22.0 Å². The van der Waals surface area contributed by atoms with E-state index < -0.39 is 0 Å². The number of hydrogen-bond acceptors (Lipinski definition) is 4. The number of ether oxygens (including phenoxy) is 1. The lowest BCUT2D eigenvalue weighted by Crippen LogP contribution is -2.40. The van der Waals surface area contributed by atoms with Gasteiger partial charge in [-0.3, -0.25) is 4.79 Å². The largest absolute Gasteiger partial charge is 0.370 e. The second-order valence-corrected chi connectivity index (χ2v) is 6.37. The number of halogens is 1. The van der Waals surface area contributed by atoms with E-state index in [4.69, 9.17) is 16.3 Å². The second kappa shape index (κ2) is 7.20. The lowest BCUT2D eigenvalue weighted by molar-refractivity contribution is 0.0394. The molecule has 2 heterocycles. The Bertz CT molecular complexity index is 718. The monoisotopic (exact) mass is 345 g/mol. The van der Waals surface area contributed by atoms with Crippen molar-refractivity contribution in [3.05, 3.63) is 58.7 Å². The molecule has 0 saturated carbocycles. The van der Waals surface area contributed by atoms with Gasteiger partial charge in [-0.05, 0) is 29.8 Å². The van der Waals surface area contributed by atoms with Crippen LogP contribution in [0, 0.1) is 0 Å². The predicted octanol–water partition coefficient (Wildman–Crippen LogP) is 3.01. The van der Waals surface area contributed by atoms with Gasteiger partial charge in [0.05, 0.1) is 12.2 Å². The van der Waals surface area contributed by atoms with Crippen molar-refractivity contribution in [1.29, 1.82) is 0 Å². The predicted molar refractivity (Wildman–Crippen MR) is 94.6 cm³/mol. The molecule has 1 saturated heterocycles. The van der Waals surface area contributed by atoms with Crippen molar-refractivity contribution in [3.8, 4) is 0 Å². The maximum absolute atomic E-state index is 12.4. The summed E-state index contributed by atoms with van der Waals surface area (Å²) in [6, 6.07) is 11.3. The van der Waals surface area contributed by atoms with Crippen molar-refractivity contribution in [1.82, 2.24) is 9.88 Å². The fourth-order valence-corrected chi connectivity index (χ4v) is 2.90. The molecular formula is C18H20ClN3O2. The molecule has 1 atom stereocenters. The van der Waals surface area contributed by atoms with Gasteiger partial charge in [-0.1, -0.05) is 23.7 Å². The lowest BCUT2D eigenvalue weighted by atomic mass is 10.1. The Morgan fingerprint density at radius 3 is 2.75 bits per heavy atom. The van der Waals surface area contributed by atoms with E-state index in [0.29, 0.717) is 36.1 Å². The Labute approximate surface area is 146 Å². The van der Waals surface area contributed by atoms with Crippen molar-refractivity contribution in [2.45, 2.75) is 6.10 Å². The van der Waals surface area contributed by atoms with E-state index in [0.717, 1.165) is 5.56 Å². The van der Waals surface area contributed by atoms with Crippen molar-refractivity contribution in [3.63, 3.8) is 0 Å². The Hall–Kier alpha value is -2.11. The average Bonchev–Trinajstić information content (AvgIpc) is 2.62. The summed E-state index contributed by atoms with van der Waals surface area (Å²) in [5, 5.41) is 0.704. The zero-order chi connectivity index (χ0) is 17.1. The highest BCUT2D eigenvalue weighted by Gasteiger charge is 2.26. The molecule has 1 aliphatic rings. The van der Waals surface area contributed by atoms with E-state index in [9.17, 15) is 4.79 Å². The van der Waals surface area contributed by atoms with Crippen LogP contribution in [-0.4, -0.2) is 49.6 Å². The molecule has 24 heavy (non-hydrogen) atoms. The summed E-state index contributed by atoms with van der Waals surface area (Å²) >= 11 is 5.96. The molecule has 3 rings (SSSR count). The molecule has 1 aromatic carbocycles. The zero-order valence-corrected chi connectivity index (χ0v) is 14.5. The number of rotatable bonds is 3. The number of benzene rings is 1. The van der Waals surface area contributed by atoms with Gasteiger partial charge in [-0.15, -0.1) is 0 Å². The Morgan fingerprint density at radius 1 is 1.29 bits per heavy atom. The standard InChI is InChI=1S/C18H20ClN3O2/c1-21(2)18(23)15-4-3-9-20-17(15)22-10-11-24-16(12-22)13-5-7-14(19)8-6-13/h3-9,16H,10-12H2,1-2H3/t16-/m1/s1. The van der Waals surface area contributed by atoms with Crippen molar-refractivity contribution in [2.75, 3.05) is 38.7 Å². The van der Waals surface area contributed by atoms with Crippen LogP contribution in [0.5, 0.6) is 0 Å². The molecule has 126 valence electrons. The molecule has 0 aliphatic carbocycles. The van der Waals surface area contributed by atoms with E-state index in [1.165, 1.54) is 0 Å². The smallest absolute Gasteiger partial charge is 0.257 e. The van der Waals surface area contributed by atoms with Crippen LogP contribution in [0.25, 0.3) is 0 Å². The molecule has 0 unspecified atom stereocenters. The quantitative estimate of drug-likeness (QED) is 0.858. The third-order valence-corrected chi connectivity index (χ3v) is 4.28. The first-order valence-corrected chi connectivity index (χ1v) is 8.22. The molecular weight excluding hydrogens is 326 g/mol. The summed E-state index contributed by atoms with van der Waals surface area (Å²) < 4.78 is 5.90. The summed E-state index contributed by atoms with van der Waals surface area (Å²) in [6.07, 6.45) is 1.65. The number of morpholine rings is 1. The van der Waals surface area contributed by atoms with Crippen LogP contribution in [0.3, 0.4) is 0 Å². The molecule has 2 aromatic rings. The highest BCUT2D eigenvalue weighted by Crippen LogP contribution is 2.28. The molecule has 1 aromatic heterocycles. The fraction of sp³-hybridized carbons (Fsp3) is 0.333. The minimum absolute atomic E-state index is 0.0485. The number of aromatic nitrogens is 1. The molecule has 0 radical (unpaired) electrons. The highest BCUT2D eigenvalue weighted by molar-refractivity contribution is 6.30. The first-order valence-electron chi connectivity index (χ1n) is 7.85. The van der Waals surface area contributed by atoms with Gasteiger partial charge >= 0.3 is 0 Å². The maximum atomic E-state index is 12.4. The van der Waals surface area contributed by atoms with Gasteiger partial charge in [-0.25, -0.2) is 4.98 Å². The minimum Gasteiger partial charge on any atom is -0.370 e. The lowest BCUT2D eigenvalue weighted by Gasteiger charge is -2.35. The van der Waals surface area contributed by atoms with Crippen LogP contribution < -0.4 is 4.90 Å². The highest BCUT2D eigenvalue weighted by atomic mass is 35.5. The van der Waals surface area contributed by atoms with Crippen LogP contribution in [0.4, 0.5) is 5.82 Å². The second-order valence-electron chi connectivity index (χ2n) is 5.93. The van der Waals surface area contributed by atoms with Crippen LogP contribution in [0.2, 0.25) is 5.02 Å². The van der Waals surface area contributed by atoms with Crippen molar-refractivity contribution >= 4 is 23.3 Å². The number of amides is 1. The molecule has 6 heteroatoms. The number of carbonyl (C=O) groups is 1. The molecule has 0 N–H and O–H groups in total. The topological polar surface area (TPSA) is 45.7 Å². The van der Waals surface area contributed by atoms with Crippen LogP contribution in [0.15, 0.2) is 42.6 Å². The number of nitrogens with zero attached hydrogens (tertiary/aromatic N) is 3. The minimum atomic E-state index is -0.0691. The molecule has 0 bridgehead atoms. The number of hydrogen-bond donors (Lipinski definition) is 0. The number of anilines is 1. The van der Waals surface area contributed by atoms with Crippen molar-refractivity contribution < 1.29 is 9.53 Å². The van der Waals surface area contributed by atoms with E-state index in [1.54, 1.807) is 31.3 Å². The fourth-order valence-electron chi connectivity index (χ4n) is 2.78.